The van der Waals surface area contributed by atoms with Gasteiger partial charge in [-0.25, -0.2) is 0 Å². The number of rotatable bonds is 6. The van der Waals surface area contributed by atoms with Crippen molar-refractivity contribution in [2.75, 3.05) is 11.6 Å². The van der Waals surface area contributed by atoms with Crippen LogP contribution in [0, 0.1) is 10.1 Å². The molecule has 0 unspecified atom stereocenters. The Balaban J connectivity index is 2.25. The molecule has 0 bridgehead atoms. The van der Waals surface area contributed by atoms with Gasteiger partial charge in [-0.1, -0.05) is 18.3 Å². The van der Waals surface area contributed by atoms with Crippen LogP contribution in [0.5, 0.6) is 0 Å². The van der Waals surface area contributed by atoms with Crippen LogP contribution >= 0.6 is 23.1 Å². The molecule has 7 nitrogen and oxygen atoms in total. The summed E-state index contributed by atoms with van der Waals surface area (Å²) in [7, 11) is 0. The summed E-state index contributed by atoms with van der Waals surface area (Å²) in [6.07, 6.45) is 3.56. The molecule has 2 aromatic rings. The maximum Gasteiger partial charge on any atom is 0.282 e. The summed E-state index contributed by atoms with van der Waals surface area (Å²) in [5, 5.41) is 22.6. The van der Waals surface area contributed by atoms with Crippen molar-refractivity contribution in [1.29, 1.82) is 0 Å². The molecule has 1 aromatic carbocycles. The number of anilines is 1. The van der Waals surface area contributed by atoms with Crippen LogP contribution in [0.2, 0.25) is 0 Å². The van der Waals surface area contributed by atoms with Crippen molar-refractivity contribution in [1.82, 2.24) is 10.2 Å². The van der Waals surface area contributed by atoms with Crippen molar-refractivity contribution in [3.8, 4) is 0 Å². The number of nitrogens with zero attached hydrogens (tertiary/aromatic N) is 3. The lowest BCUT2D eigenvalue weighted by Gasteiger charge is -2.04. The molecule has 0 saturated heterocycles. The minimum absolute atomic E-state index is 0.0177. The van der Waals surface area contributed by atoms with Crippen LogP contribution in [0.25, 0.3) is 0 Å². The predicted octanol–water partition coefficient (Wildman–Crippen LogP) is 3.37. The van der Waals surface area contributed by atoms with E-state index in [0.717, 1.165) is 22.7 Å². The monoisotopic (exact) mass is 338 g/mol. The van der Waals surface area contributed by atoms with Gasteiger partial charge in [-0.15, -0.1) is 22.0 Å². The van der Waals surface area contributed by atoms with Gasteiger partial charge >= 0.3 is 0 Å². The molecule has 0 fully saturated rings. The van der Waals surface area contributed by atoms with Crippen LogP contribution < -0.4 is 5.32 Å². The molecule has 22 heavy (non-hydrogen) atoms. The predicted molar refractivity (Wildman–Crippen MR) is 86.7 cm³/mol. The van der Waals surface area contributed by atoms with Crippen molar-refractivity contribution in [2.24, 2.45) is 0 Å². The topological polar surface area (TPSA) is 98.0 Å². The number of nitro benzene ring substituents is 1. The third-order valence-corrected chi connectivity index (χ3v) is 4.42. The van der Waals surface area contributed by atoms with E-state index in [-0.39, 0.29) is 11.3 Å². The van der Waals surface area contributed by atoms with E-state index in [1.54, 1.807) is 6.07 Å². The Morgan fingerprint density at radius 1 is 1.45 bits per heavy atom. The smallest absolute Gasteiger partial charge is 0.282 e. The van der Waals surface area contributed by atoms with Gasteiger partial charge in [-0.3, -0.25) is 20.2 Å². The minimum Gasteiger partial charge on any atom is -0.296 e. The number of hydrogen-bond acceptors (Lipinski definition) is 7. The van der Waals surface area contributed by atoms with E-state index >= 15 is 0 Å². The maximum absolute atomic E-state index is 12.3. The molecule has 0 aliphatic carbocycles. The second-order valence-electron chi connectivity index (χ2n) is 4.35. The van der Waals surface area contributed by atoms with E-state index in [0.29, 0.717) is 5.13 Å². The van der Waals surface area contributed by atoms with Crippen LogP contribution in [0.4, 0.5) is 10.8 Å². The molecule has 2 rings (SSSR count). The van der Waals surface area contributed by atoms with E-state index < -0.39 is 10.8 Å². The summed E-state index contributed by atoms with van der Waals surface area (Å²) in [6.45, 7) is 2.02. The number of hydrogen-bond donors (Lipinski definition) is 1. The van der Waals surface area contributed by atoms with Crippen LogP contribution in [0.15, 0.2) is 23.1 Å². The third-order valence-electron chi connectivity index (χ3n) is 2.80. The van der Waals surface area contributed by atoms with Crippen LogP contribution in [0.1, 0.15) is 28.7 Å². The lowest BCUT2D eigenvalue weighted by Crippen LogP contribution is -2.14. The summed E-state index contributed by atoms with van der Waals surface area (Å²) in [5.41, 5.74) is -0.210. The number of aryl methyl sites for hydroxylation is 1. The SMILES string of the molecule is CCCc1nnc(NC(=O)c2cc(SC)ccc2[N+](=O)[O-])s1. The van der Waals surface area contributed by atoms with E-state index in [1.165, 1.54) is 35.2 Å². The number of nitro groups is 1. The molecule has 0 radical (unpaired) electrons. The van der Waals surface area contributed by atoms with Crippen LogP contribution in [0.3, 0.4) is 0 Å². The molecule has 0 atom stereocenters. The number of aromatic nitrogens is 2. The Kier molecular flexibility index (Phi) is 5.45. The minimum atomic E-state index is -0.568. The van der Waals surface area contributed by atoms with Gasteiger partial charge in [0.2, 0.25) is 5.13 Å². The van der Waals surface area contributed by atoms with Crippen LogP contribution in [-0.2, 0) is 6.42 Å². The molecular weight excluding hydrogens is 324 g/mol. The molecule has 0 aliphatic heterocycles. The molecule has 9 heteroatoms. The molecule has 0 saturated carbocycles. The number of thioether (sulfide) groups is 1. The van der Waals surface area contributed by atoms with E-state index in [2.05, 4.69) is 15.5 Å². The molecular formula is C13H14N4O3S2. The zero-order chi connectivity index (χ0) is 16.1. The highest BCUT2D eigenvalue weighted by Crippen LogP contribution is 2.26. The Morgan fingerprint density at radius 3 is 2.86 bits per heavy atom. The summed E-state index contributed by atoms with van der Waals surface area (Å²) >= 11 is 2.69. The first-order valence-corrected chi connectivity index (χ1v) is 8.55. The quantitative estimate of drug-likeness (QED) is 0.492. The zero-order valence-electron chi connectivity index (χ0n) is 12.0. The number of nitrogens with one attached hydrogen (secondary N) is 1. The van der Waals surface area contributed by atoms with Gasteiger partial charge in [-0.2, -0.15) is 0 Å². The highest BCUT2D eigenvalue weighted by atomic mass is 32.2. The summed E-state index contributed by atoms with van der Waals surface area (Å²) in [4.78, 5) is 23.6. The van der Waals surface area contributed by atoms with Crippen molar-refractivity contribution < 1.29 is 9.72 Å². The summed E-state index contributed by atoms with van der Waals surface area (Å²) in [5.74, 6) is -0.554. The number of amides is 1. The first-order valence-electron chi connectivity index (χ1n) is 6.51. The van der Waals surface area contributed by atoms with Crippen LogP contribution in [-0.4, -0.2) is 27.3 Å². The van der Waals surface area contributed by atoms with Gasteiger partial charge in [0.25, 0.3) is 11.6 Å². The fourth-order valence-electron chi connectivity index (χ4n) is 1.77. The molecule has 116 valence electrons. The highest BCUT2D eigenvalue weighted by molar-refractivity contribution is 7.98. The average molecular weight is 338 g/mol. The number of benzene rings is 1. The van der Waals surface area contributed by atoms with Gasteiger partial charge in [0.15, 0.2) is 0 Å². The molecule has 1 amide bonds. The summed E-state index contributed by atoms with van der Waals surface area (Å²) < 4.78 is 0. The number of carbonyl (C=O) groups is 1. The third kappa shape index (κ3) is 3.80. The Morgan fingerprint density at radius 2 is 2.23 bits per heavy atom. The molecule has 1 aromatic heterocycles. The van der Waals surface area contributed by atoms with Crippen molar-refractivity contribution >= 4 is 39.8 Å². The zero-order valence-corrected chi connectivity index (χ0v) is 13.7. The van der Waals surface area contributed by atoms with E-state index in [1.807, 2.05) is 13.2 Å². The Hall–Kier alpha value is -2.00. The van der Waals surface area contributed by atoms with Crippen molar-refractivity contribution in [3.05, 3.63) is 38.9 Å². The average Bonchev–Trinajstić information content (AvgIpc) is 2.94. The van der Waals surface area contributed by atoms with Gasteiger partial charge in [-0.05, 0) is 24.8 Å². The van der Waals surface area contributed by atoms with Gasteiger partial charge in [0.1, 0.15) is 10.6 Å². The molecule has 1 heterocycles. The molecule has 0 aliphatic rings. The largest absolute Gasteiger partial charge is 0.296 e. The van der Waals surface area contributed by atoms with Gasteiger partial charge < -0.3 is 0 Å². The first-order chi connectivity index (χ1) is 10.5. The lowest BCUT2D eigenvalue weighted by atomic mass is 10.1. The lowest BCUT2D eigenvalue weighted by molar-refractivity contribution is -0.385. The second-order valence-corrected chi connectivity index (χ2v) is 6.29. The summed E-state index contributed by atoms with van der Waals surface area (Å²) in [6, 6.07) is 4.46. The highest BCUT2D eigenvalue weighted by Gasteiger charge is 2.21. The Bertz CT molecular complexity index is 702. The van der Waals surface area contributed by atoms with Gasteiger partial charge in [0, 0.05) is 17.4 Å². The molecule has 1 N–H and O–H groups in total. The van der Waals surface area contributed by atoms with Gasteiger partial charge in [0.05, 0.1) is 4.92 Å². The standard InChI is InChI=1S/C13H14N4O3S2/c1-3-4-11-15-16-13(22-11)14-12(18)9-7-8(21-2)5-6-10(9)17(19)20/h5-7H,3-4H2,1-2H3,(H,14,16,18). The Labute approximate surface area is 135 Å². The second kappa shape index (κ2) is 7.32. The van der Waals surface area contributed by atoms with Crippen molar-refractivity contribution in [2.45, 2.75) is 24.7 Å². The van der Waals surface area contributed by atoms with Crippen molar-refractivity contribution in [3.63, 3.8) is 0 Å². The number of carbonyl (C=O) groups excluding carboxylic acids is 1. The van der Waals surface area contributed by atoms with E-state index in [9.17, 15) is 14.9 Å². The fraction of sp³-hybridized carbons (Fsp3) is 0.308. The van der Waals surface area contributed by atoms with E-state index in [4.69, 9.17) is 0 Å². The maximum atomic E-state index is 12.3. The molecule has 0 spiro atoms. The normalized spacial score (nSPS) is 10.5. The fourth-order valence-corrected chi connectivity index (χ4v) is 3.04. The first kappa shape index (κ1) is 16.4.